The minimum absolute atomic E-state index is 0.334. The molecule has 7 nitrogen and oxygen atoms in total. The third-order valence-electron chi connectivity index (χ3n) is 4.64. The summed E-state index contributed by atoms with van der Waals surface area (Å²) in [5.41, 5.74) is 2.24. The molecule has 4 rings (SSSR count). The molecule has 0 atom stereocenters. The van der Waals surface area contributed by atoms with Crippen molar-refractivity contribution in [3.05, 3.63) is 76.5 Å². The number of carbonyl (C=O) groups excluding carboxylic acids is 1. The zero-order valence-corrected chi connectivity index (χ0v) is 18.6. The molecule has 2 heterocycles. The highest BCUT2D eigenvalue weighted by Gasteiger charge is 2.16. The van der Waals surface area contributed by atoms with E-state index in [9.17, 15) is 4.79 Å². The summed E-state index contributed by atoms with van der Waals surface area (Å²) in [6, 6.07) is 16.4. The lowest BCUT2D eigenvalue weighted by Crippen LogP contribution is -2.04. The van der Waals surface area contributed by atoms with Crippen molar-refractivity contribution in [3.8, 4) is 17.2 Å². The van der Waals surface area contributed by atoms with Crippen LogP contribution in [0.2, 0.25) is 0 Å². The molecule has 0 fully saturated rings. The van der Waals surface area contributed by atoms with Crippen LogP contribution in [0, 0.1) is 0 Å². The Morgan fingerprint density at radius 2 is 1.74 bits per heavy atom. The van der Waals surface area contributed by atoms with E-state index in [0.29, 0.717) is 40.5 Å². The van der Waals surface area contributed by atoms with Gasteiger partial charge in [0.25, 0.3) is 0 Å². The molecule has 31 heavy (non-hydrogen) atoms. The molecule has 158 valence electrons. The first-order valence-electron chi connectivity index (χ1n) is 9.68. The highest BCUT2D eigenvalue weighted by Crippen LogP contribution is 2.34. The lowest BCUT2D eigenvalue weighted by atomic mass is 10.2. The highest BCUT2D eigenvalue weighted by molar-refractivity contribution is 9.10. The van der Waals surface area contributed by atoms with E-state index in [1.807, 2.05) is 28.9 Å². The molecular weight excluding hydrogens is 462 g/mol. The number of carbonyl (C=O) groups is 1. The molecule has 0 N–H and O–H groups in total. The predicted octanol–water partition coefficient (Wildman–Crippen LogP) is 5.22. The van der Waals surface area contributed by atoms with E-state index in [-0.39, 0.29) is 5.97 Å². The fourth-order valence-corrected chi connectivity index (χ4v) is 3.69. The van der Waals surface area contributed by atoms with Gasteiger partial charge in [0, 0.05) is 12.3 Å². The summed E-state index contributed by atoms with van der Waals surface area (Å²) in [6.07, 6.45) is 1.68. The first-order chi connectivity index (χ1) is 15.1. The quantitative estimate of drug-likeness (QED) is 0.337. The molecule has 0 bridgehead atoms. The summed E-state index contributed by atoms with van der Waals surface area (Å²) < 4.78 is 18.8. The minimum Gasteiger partial charge on any atom is -0.497 e. The topological polar surface area (TPSA) is 75.5 Å². The Bertz CT molecular complexity index is 1200. The van der Waals surface area contributed by atoms with Gasteiger partial charge in [-0.05, 0) is 64.8 Å². The van der Waals surface area contributed by atoms with Crippen molar-refractivity contribution in [1.82, 2.24) is 14.8 Å². The molecule has 8 heteroatoms. The Balaban J connectivity index is 1.60. The van der Waals surface area contributed by atoms with Crippen LogP contribution < -0.4 is 9.47 Å². The highest BCUT2D eigenvalue weighted by atomic mass is 79.9. The number of aromatic nitrogens is 3. The smallest absolute Gasteiger partial charge is 0.338 e. The number of fused-ring (bicyclic) bond motifs is 1. The summed E-state index contributed by atoms with van der Waals surface area (Å²) in [4.78, 5) is 16.3. The number of benzene rings is 2. The van der Waals surface area contributed by atoms with E-state index < -0.39 is 0 Å². The second kappa shape index (κ2) is 9.18. The van der Waals surface area contributed by atoms with Crippen LogP contribution in [-0.4, -0.2) is 34.5 Å². The van der Waals surface area contributed by atoms with Gasteiger partial charge in [-0.25, -0.2) is 14.5 Å². The molecule has 4 aromatic rings. The summed E-state index contributed by atoms with van der Waals surface area (Å²) in [5, 5.41) is 5.36. The van der Waals surface area contributed by atoms with E-state index in [2.05, 4.69) is 26.0 Å². The van der Waals surface area contributed by atoms with Crippen molar-refractivity contribution in [3.63, 3.8) is 0 Å². The van der Waals surface area contributed by atoms with Gasteiger partial charge in [-0.3, -0.25) is 0 Å². The lowest BCUT2D eigenvalue weighted by molar-refractivity contribution is 0.0526. The van der Waals surface area contributed by atoms with E-state index in [1.54, 1.807) is 50.6 Å². The minimum atomic E-state index is -0.358. The van der Waals surface area contributed by atoms with Gasteiger partial charge < -0.3 is 14.2 Å². The third kappa shape index (κ3) is 4.54. The van der Waals surface area contributed by atoms with Gasteiger partial charge in [-0.1, -0.05) is 12.1 Å². The maximum Gasteiger partial charge on any atom is 0.338 e. The number of pyridine rings is 1. The van der Waals surface area contributed by atoms with Crippen LogP contribution in [0.3, 0.4) is 0 Å². The summed E-state index contributed by atoms with van der Waals surface area (Å²) in [5.74, 6) is 1.65. The fraction of sp³-hybridized carbons (Fsp3) is 0.174. The number of hydrogen-bond acceptors (Lipinski definition) is 6. The average molecular weight is 482 g/mol. The lowest BCUT2D eigenvalue weighted by Gasteiger charge is -2.08. The van der Waals surface area contributed by atoms with E-state index in [1.165, 1.54) is 0 Å². The Morgan fingerprint density at radius 1 is 1.03 bits per heavy atom. The molecule has 0 saturated carbocycles. The van der Waals surface area contributed by atoms with Crippen molar-refractivity contribution < 1.29 is 19.0 Å². The maximum absolute atomic E-state index is 11.8. The van der Waals surface area contributed by atoms with Crippen molar-refractivity contribution in [2.45, 2.75) is 13.5 Å². The SMILES string of the molecule is CCOC(=O)c1ccc(Oc2ccnc3c2c(Br)nn3Cc2ccc(OC)cc2)cc1. The van der Waals surface area contributed by atoms with E-state index >= 15 is 0 Å². The number of rotatable bonds is 7. The Labute approximate surface area is 187 Å². The summed E-state index contributed by atoms with van der Waals surface area (Å²) in [7, 11) is 1.64. The second-order valence-corrected chi connectivity index (χ2v) is 7.40. The standard InChI is InChI=1S/C23H20BrN3O4/c1-3-30-23(28)16-6-10-18(11-7-16)31-19-12-13-25-22-20(19)21(24)26-27(22)14-15-4-8-17(29-2)9-5-15/h4-13H,3,14H2,1-2H3. The van der Waals surface area contributed by atoms with Crippen molar-refractivity contribution in [1.29, 1.82) is 0 Å². The molecule has 0 saturated heterocycles. The van der Waals surface area contributed by atoms with Gasteiger partial charge >= 0.3 is 5.97 Å². The maximum atomic E-state index is 11.8. The Hall–Kier alpha value is -3.39. The van der Waals surface area contributed by atoms with Crippen LogP contribution in [0.15, 0.2) is 65.4 Å². The molecule has 0 aliphatic rings. The number of methoxy groups -OCH3 is 1. The number of hydrogen-bond donors (Lipinski definition) is 0. The number of esters is 1. The van der Waals surface area contributed by atoms with Gasteiger partial charge in [0.1, 0.15) is 21.9 Å². The average Bonchev–Trinajstić information content (AvgIpc) is 3.11. The molecule has 2 aromatic carbocycles. The van der Waals surface area contributed by atoms with Crippen LogP contribution in [0.25, 0.3) is 11.0 Å². The van der Waals surface area contributed by atoms with Gasteiger partial charge in [0.15, 0.2) is 5.65 Å². The Kier molecular flexibility index (Phi) is 6.18. The van der Waals surface area contributed by atoms with Crippen LogP contribution in [-0.2, 0) is 11.3 Å². The predicted molar refractivity (Wildman–Crippen MR) is 120 cm³/mol. The monoisotopic (exact) mass is 481 g/mol. The van der Waals surface area contributed by atoms with Gasteiger partial charge in [0.05, 0.1) is 31.2 Å². The van der Waals surface area contributed by atoms with Gasteiger partial charge in [-0.15, -0.1) is 0 Å². The zero-order valence-electron chi connectivity index (χ0n) is 17.0. The number of halogens is 1. The molecular formula is C23H20BrN3O4. The normalized spacial score (nSPS) is 10.8. The first-order valence-corrected chi connectivity index (χ1v) is 10.5. The molecule has 0 spiro atoms. The molecule has 0 aliphatic heterocycles. The van der Waals surface area contributed by atoms with Crippen molar-refractivity contribution >= 4 is 32.9 Å². The fourth-order valence-electron chi connectivity index (χ4n) is 3.13. The van der Waals surface area contributed by atoms with E-state index in [0.717, 1.165) is 16.7 Å². The van der Waals surface area contributed by atoms with Gasteiger partial charge in [0.2, 0.25) is 0 Å². The largest absolute Gasteiger partial charge is 0.497 e. The van der Waals surface area contributed by atoms with Crippen LogP contribution in [0.5, 0.6) is 17.2 Å². The van der Waals surface area contributed by atoms with Crippen molar-refractivity contribution in [2.75, 3.05) is 13.7 Å². The van der Waals surface area contributed by atoms with Gasteiger partial charge in [-0.2, -0.15) is 5.10 Å². The molecule has 0 aliphatic carbocycles. The van der Waals surface area contributed by atoms with E-state index in [4.69, 9.17) is 14.2 Å². The van der Waals surface area contributed by atoms with Crippen LogP contribution >= 0.6 is 15.9 Å². The summed E-state index contributed by atoms with van der Waals surface area (Å²) >= 11 is 3.53. The third-order valence-corrected chi connectivity index (χ3v) is 5.19. The van der Waals surface area contributed by atoms with Crippen molar-refractivity contribution in [2.24, 2.45) is 0 Å². The number of nitrogens with zero attached hydrogens (tertiary/aromatic N) is 3. The molecule has 0 amide bonds. The second-order valence-electron chi connectivity index (χ2n) is 6.65. The summed E-state index contributed by atoms with van der Waals surface area (Å²) in [6.45, 7) is 2.66. The molecule has 2 aromatic heterocycles. The number of ether oxygens (including phenoxy) is 3. The van der Waals surface area contributed by atoms with Crippen LogP contribution in [0.4, 0.5) is 0 Å². The molecule has 0 unspecified atom stereocenters. The first kappa shape index (κ1) is 20.9. The Morgan fingerprint density at radius 3 is 2.42 bits per heavy atom. The van der Waals surface area contributed by atoms with Crippen LogP contribution in [0.1, 0.15) is 22.8 Å². The zero-order chi connectivity index (χ0) is 21.8. The molecule has 0 radical (unpaired) electrons.